The van der Waals surface area contributed by atoms with Crippen molar-refractivity contribution in [2.75, 3.05) is 39.8 Å². The number of aryl methyl sites for hydroxylation is 1. The number of carbonyl (C=O) groups excluding carboxylic acids is 1. The van der Waals surface area contributed by atoms with Gasteiger partial charge >= 0.3 is 5.97 Å². The maximum absolute atomic E-state index is 12.4. The molecule has 1 saturated heterocycles. The number of phenols is 1. The number of halogens is 1. The number of piperazine rings is 1. The Morgan fingerprint density at radius 2 is 2.04 bits per heavy atom. The number of esters is 1. The van der Waals surface area contributed by atoms with Gasteiger partial charge in [-0.15, -0.1) is 0 Å². The summed E-state index contributed by atoms with van der Waals surface area (Å²) in [4.78, 5) is 17.0. The van der Waals surface area contributed by atoms with Gasteiger partial charge in [0.2, 0.25) is 0 Å². The molecule has 0 amide bonds. The molecule has 0 saturated carbocycles. The predicted molar refractivity (Wildman–Crippen MR) is 99.0 cm³/mol. The van der Waals surface area contributed by atoms with E-state index in [4.69, 9.17) is 9.15 Å². The molecule has 0 radical (unpaired) electrons. The number of ether oxygens (including phenoxy) is 1. The highest BCUT2D eigenvalue weighted by molar-refractivity contribution is 9.10. The molecule has 1 aliphatic heterocycles. The minimum Gasteiger partial charge on any atom is -0.506 e. The molecule has 0 spiro atoms. The highest BCUT2D eigenvalue weighted by Gasteiger charge is 2.26. The van der Waals surface area contributed by atoms with E-state index >= 15 is 0 Å². The van der Waals surface area contributed by atoms with Gasteiger partial charge in [0.1, 0.15) is 22.7 Å². The third-order valence-electron chi connectivity index (χ3n) is 4.64. The molecule has 25 heavy (non-hydrogen) atoms. The summed E-state index contributed by atoms with van der Waals surface area (Å²) in [5.41, 5.74) is 1.69. The van der Waals surface area contributed by atoms with E-state index in [9.17, 15) is 9.90 Å². The second-order valence-corrected chi connectivity index (χ2v) is 7.25. The molecule has 0 aliphatic carbocycles. The molecule has 7 heteroatoms. The standard InChI is InChI=1S/C18H23BrN2O4/c1-4-24-18(23)15-11(2)25-14-9-13(19)17(22)12(16(14)15)10-21-7-5-20(3)6-8-21/h9,22H,4-8,10H2,1-3H3. The molecule has 0 bridgehead atoms. The molecule has 1 N–H and O–H groups in total. The molecule has 1 aromatic heterocycles. The van der Waals surface area contributed by atoms with E-state index in [-0.39, 0.29) is 5.75 Å². The van der Waals surface area contributed by atoms with Crippen LogP contribution in [0.4, 0.5) is 0 Å². The van der Waals surface area contributed by atoms with Crippen molar-refractivity contribution in [3.8, 4) is 5.75 Å². The maximum Gasteiger partial charge on any atom is 0.342 e. The lowest BCUT2D eigenvalue weighted by atomic mass is 10.0. The van der Waals surface area contributed by atoms with Crippen molar-refractivity contribution >= 4 is 32.9 Å². The third kappa shape index (κ3) is 3.54. The quantitative estimate of drug-likeness (QED) is 0.780. The Morgan fingerprint density at radius 3 is 2.68 bits per heavy atom. The van der Waals surface area contributed by atoms with Crippen LogP contribution in [0, 0.1) is 6.92 Å². The molecule has 2 aromatic rings. The van der Waals surface area contributed by atoms with Gasteiger partial charge in [0.05, 0.1) is 11.1 Å². The highest BCUT2D eigenvalue weighted by atomic mass is 79.9. The van der Waals surface area contributed by atoms with Gasteiger partial charge in [0, 0.05) is 43.7 Å². The van der Waals surface area contributed by atoms with Crippen molar-refractivity contribution in [2.24, 2.45) is 0 Å². The van der Waals surface area contributed by atoms with Crippen molar-refractivity contribution in [3.63, 3.8) is 0 Å². The van der Waals surface area contributed by atoms with Crippen molar-refractivity contribution in [2.45, 2.75) is 20.4 Å². The molecule has 0 unspecified atom stereocenters. The van der Waals surface area contributed by atoms with Crippen LogP contribution in [0.25, 0.3) is 11.0 Å². The van der Waals surface area contributed by atoms with E-state index in [1.807, 2.05) is 0 Å². The van der Waals surface area contributed by atoms with Crippen LogP contribution in [0.3, 0.4) is 0 Å². The topological polar surface area (TPSA) is 66.2 Å². The Kier molecular flexibility index (Phi) is 5.36. The number of hydrogen-bond donors (Lipinski definition) is 1. The number of benzene rings is 1. The third-order valence-corrected chi connectivity index (χ3v) is 5.24. The first kappa shape index (κ1) is 18.2. The van der Waals surface area contributed by atoms with Crippen LogP contribution in [-0.2, 0) is 11.3 Å². The molecule has 0 atom stereocenters. The number of rotatable bonds is 4. The number of likely N-dealkylation sites (N-methyl/N-ethyl adjacent to an activating group) is 1. The fourth-order valence-electron chi connectivity index (χ4n) is 3.25. The summed E-state index contributed by atoms with van der Waals surface area (Å²) < 4.78 is 11.5. The Bertz CT molecular complexity index is 794. The fraction of sp³-hybridized carbons (Fsp3) is 0.500. The number of hydrogen-bond acceptors (Lipinski definition) is 6. The first-order chi connectivity index (χ1) is 11.9. The van der Waals surface area contributed by atoms with Crippen LogP contribution in [0.1, 0.15) is 28.6 Å². The minimum absolute atomic E-state index is 0.151. The smallest absolute Gasteiger partial charge is 0.342 e. The zero-order valence-corrected chi connectivity index (χ0v) is 16.4. The van der Waals surface area contributed by atoms with Crippen molar-refractivity contribution in [3.05, 3.63) is 27.4 Å². The Morgan fingerprint density at radius 1 is 1.36 bits per heavy atom. The summed E-state index contributed by atoms with van der Waals surface area (Å²) in [6.45, 7) is 8.15. The summed E-state index contributed by atoms with van der Waals surface area (Å²) in [5.74, 6) is 0.239. The lowest BCUT2D eigenvalue weighted by Crippen LogP contribution is -2.43. The average Bonchev–Trinajstić information content (AvgIpc) is 2.89. The summed E-state index contributed by atoms with van der Waals surface area (Å²) in [6, 6.07) is 1.70. The van der Waals surface area contributed by atoms with Gasteiger partial charge in [-0.2, -0.15) is 0 Å². The van der Waals surface area contributed by atoms with Gasteiger partial charge in [-0.3, -0.25) is 4.90 Å². The van der Waals surface area contributed by atoms with E-state index in [0.29, 0.717) is 45.5 Å². The zero-order chi connectivity index (χ0) is 18.1. The molecular weight excluding hydrogens is 388 g/mol. The SMILES string of the molecule is CCOC(=O)c1c(C)oc2cc(Br)c(O)c(CN3CCN(C)CC3)c12. The lowest BCUT2D eigenvalue weighted by Gasteiger charge is -2.32. The molecule has 6 nitrogen and oxygen atoms in total. The van der Waals surface area contributed by atoms with Crippen LogP contribution < -0.4 is 0 Å². The summed E-state index contributed by atoms with van der Waals surface area (Å²) in [7, 11) is 2.10. The van der Waals surface area contributed by atoms with Gasteiger partial charge in [0.25, 0.3) is 0 Å². The molecular formula is C18H23BrN2O4. The number of carbonyl (C=O) groups is 1. The Labute approximate surface area is 155 Å². The normalized spacial score (nSPS) is 16.5. The first-order valence-corrected chi connectivity index (χ1v) is 9.23. The molecule has 136 valence electrons. The van der Waals surface area contributed by atoms with Crippen LogP contribution in [0.5, 0.6) is 5.75 Å². The maximum atomic E-state index is 12.4. The first-order valence-electron chi connectivity index (χ1n) is 8.43. The average molecular weight is 411 g/mol. The second kappa shape index (κ2) is 7.35. The van der Waals surface area contributed by atoms with E-state index in [0.717, 1.165) is 26.2 Å². The van der Waals surface area contributed by atoms with Gasteiger partial charge < -0.3 is 19.2 Å². The predicted octanol–water partition coefficient (Wildman–Crippen LogP) is 3.13. The van der Waals surface area contributed by atoms with Crippen LogP contribution in [-0.4, -0.2) is 60.7 Å². The van der Waals surface area contributed by atoms with Gasteiger partial charge in [-0.1, -0.05) is 0 Å². The molecule has 2 heterocycles. The summed E-state index contributed by atoms with van der Waals surface area (Å²) in [6.07, 6.45) is 0. The van der Waals surface area contributed by atoms with E-state index in [1.165, 1.54) is 0 Å². The van der Waals surface area contributed by atoms with Gasteiger partial charge in [-0.25, -0.2) is 4.79 Å². The number of aromatic hydroxyl groups is 1. The number of fused-ring (bicyclic) bond motifs is 1. The second-order valence-electron chi connectivity index (χ2n) is 6.39. The van der Waals surface area contributed by atoms with Crippen LogP contribution in [0.15, 0.2) is 15.0 Å². The van der Waals surface area contributed by atoms with Crippen molar-refractivity contribution in [1.29, 1.82) is 0 Å². The summed E-state index contributed by atoms with van der Waals surface area (Å²) in [5, 5.41) is 11.3. The Balaban J connectivity index is 2.08. The van der Waals surface area contributed by atoms with Crippen LogP contribution >= 0.6 is 15.9 Å². The highest BCUT2D eigenvalue weighted by Crippen LogP contribution is 2.40. The number of furan rings is 1. The van der Waals surface area contributed by atoms with Crippen LogP contribution in [0.2, 0.25) is 0 Å². The van der Waals surface area contributed by atoms with E-state index < -0.39 is 5.97 Å². The number of nitrogens with zero attached hydrogens (tertiary/aromatic N) is 2. The van der Waals surface area contributed by atoms with E-state index in [2.05, 4.69) is 32.8 Å². The Hall–Kier alpha value is -1.57. The zero-order valence-electron chi connectivity index (χ0n) is 14.8. The fourth-order valence-corrected chi connectivity index (χ4v) is 3.69. The number of phenolic OH excluding ortho intramolecular Hbond substituents is 1. The van der Waals surface area contributed by atoms with Gasteiger partial charge in [0.15, 0.2) is 0 Å². The monoisotopic (exact) mass is 410 g/mol. The minimum atomic E-state index is -0.417. The van der Waals surface area contributed by atoms with E-state index in [1.54, 1.807) is 19.9 Å². The van der Waals surface area contributed by atoms with Crippen molar-refractivity contribution < 1.29 is 19.1 Å². The molecule has 3 rings (SSSR count). The summed E-state index contributed by atoms with van der Waals surface area (Å²) >= 11 is 3.39. The van der Waals surface area contributed by atoms with Gasteiger partial charge in [-0.05, 0) is 42.9 Å². The van der Waals surface area contributed by atoms with Crippen molar-refractivity contribution in [1.82, 2.24) is 9.80 Å². The lowest BCUT2D eigenvalue weighted by molar-refractivity contribution is 0.0526. The largest absolute Gasteiger partial charge is 0.506 e. The molecule has 1 aromatic carbocycles. The molecule has 1 fully saturated rings. The molecule has 1 aliphatic rings.